The van der Waals surface area contributed by atoms with Gasteiger partial charge in [-0.3, -0.25) is 9.59 Å². The van der Waals surface area contributed by atoms with Gasteiger partial charge in [0, 0.05) is 26.2 Å². The Bertz CT molecular complexity index is 847. The number of thiophene rings is 2. The van der Waals surface area contributed by atoms with Crippen LogP contribution in [-0.2, 0) is 10.0 Å². The first-order valence-electron chi connectivity index (χ1n) is 7.33. The molecule has 0 bridgehead atoms. The average Bonchev–Trinajstić information content (AvgIpc) is 3.26. The Kier molecular flexibility index (Phi) is 4.86. The summed E-state index contributed by atoms with van der Waals surface area (Å²) in [6.07, 6.45) is 0. The van der Waals surface area contributed by atoms with Crippen LogP contribution in [0.2, 0.25) is 0 Å². The van der Waals surface area contributed by atoms with Gasteiger partial charge in [0.05, 0.1) is 9.75 Å². The van der Waals surface area contributed by atoms with Gasteiger partial charge < -0.3 is 4.90 Å². The molecule has 0 aromatic carbocycles. The van der Waals surface area contributed by atoms with Gasteiger partial charge in [0.15, 0.2) is 5.78 Å². The van der Waals surface area contributed by atoms with Crippen molar-refractivity contribution < 1.29 is 18.0 Å². The third kappa shape index (κ3) is 3.30. The zero-order valence-corrected chi connectivity index (χ0v) is 15.4. The van der Waals surface area contributed by atoms with Crippen LogP contribution < -0.4 is 0 Å². The van der Waals surface area contributed by atoms with Gasteiger partial charge in [-0.2, -0.15) is 4.31 Å². The standard InChI is InChI=1S/C15H16N2O4S3/c1-11(18)12-4-5-13(23-12)15(19)16-6-8-17(9-7-16)24(20,21)14-3-2-10-22-14/h2-5,10H,6-9H2,1H3. The Morgan fingerprint density at radius 2 is 1.71 bits per heavy atom. The number of piperazine rings is 1. The molecule has 0 atom stereocenters. The highest BCUT2D eigenvalue weighted by Crippen LogP contribution is 2.23. The van der Waals surface area contributed by atoms with Crippen LogP contribution in [0.5, 0.6) is 0 Å². The van der Waals surface area contributed by atoms with E-state index in [0.29, 0.717) is 27.1 Å². The lowest BCUT2D eigenvalue weighted by Crippen LogP contribution is -2.50. The third-order valence-corrected chi connectivity index (χ3v) is 8.22. The van der Waals surface area contributed by atoms with E-state index in [2.05, 4.69) is 0 Å². The number of amides is 1. The molecule has 128 valence electrons. The van der Waals surface area contributed by atoms with Crippen LogP contribution >= 0.6 is 22.7 Å². The van der Waals surface area contributed by atoms with Gasteiger partial charge in [-0.15, -0.1) is 22.7 Å². The second-order valence-electron chi connectivity index (χ2n) is 5.35. The van der Waals surface area contributed by atoms with Crippen molar-refractivity contribution in [1.29, 1.82) is 0 Å². The lowest BCUT2D eigenvalue weighted by molar-refractivity contribution is 0.0703. The molecule has 3 rings (SSSR count). The Labute approximate surface area is 148 Å². The van der Waals surface area contributed by atoms with Gasteiger partial charge in [-0.1, -0.05) is 6.07 Å². The number of Topliss-reactive ketones (excluding diaryl/α,β-unsaturated/α-hetero) is 1. The molecule has 2 aromatic rings. The fourth-order valence-electron chi connectivity index (χ4n) is 2.47. The number of carbonyl (C=O) groups is 2. The number of sulfonamides is 1. The van der Waals surface area contributed by atoms with Crippen LogP contribution in [0.1, 0.15) is 26.3 Å². The van der Waals surface area contributed by atoms with E-state index in [1.807, 2.05) is 0 Å². The largest absolute Gasteiger partial charge is 0.335 e. The molecule has 0 spiro atoms. The molecular formula is C15H16N2O4S3. The van der Waals surface area contributed by atoms with Crippen molar-refractivity contribution in [2.45, 2.75) is 11.1 Å². The fourth-order valence-corrected chi connectivity index (χ4v) is 5.90. The molecule has 0 radical (unpaired) electrons. The number of rotatable bonds is 4. The molecule has 1 amide bonds. The maximum absolute atomic E-state index is 12.5. The molecule has 0 aliphatic carbocycles. The smallest absolute Gasteiger partial charge is 0.264 e. The summed E-state index contributed by atoms with van der Waals surface area (Å²) in [7, 11) is -3.47. The molecule has 0 saturated carbocycles. The van der Waals surface area contributed by atoms with Crippen molar-refractivity contribution in [1.82, 2.24) is 9.21 Å². The molecule has 1 fully saturated rings. The Morgan fingerprint density at radius 3 is 2.25 bits per heavy atom. The second-order valence-corrected chi connectivity index (χ2v) is 9.54. The predicted octanol–water partition coefficient (Wildman–Crippen LogP) is 2.16. The summed E-state index contributed by atoms with van der Waals surface area (Å²) in [6, 6.07) is 6.60. The van der Waals surface area contributed by atoms with Gasteiger partial charge in [-0.25, -0.2) is 8.42 Å². The Balaban J connectivity index is 1.66. The van der Waals surface area contributed by atoms with Crippen molar-refractivity contribution in [2.75, 3.05) is 26.2 Å². The monoisotopic (exact) mass is 384 g/mol. The number of ketones is 1. The van der Waals surface area contributed by atoms with Crippen LogP contribution in [0.4, 0.5) is 0 Å². The van der Waals surface area contributed by atoms with Crippen molar-refractivity contribution >= 4 is 44.4 Å². The molecule has 6 nitrogen and oxygen atoms in total. The van der Waals surface area contributed by atoms with Gasteiger partial charge in [0.2, 0.25) is 0 Å². The van der Waals surface area contributed by atoms with E-state index in [1.165, 1.54) is 33.9 Å². The molecule has 2 aromatic heterocycles. The quantitative estimate of drug-likeness (QED) is 0.757. The summed E-state index contributed by atoms with van der Waals surface area (Å²) in [6.45, 7) is 2.70. The van der Waals surface area contributed by atoms with Gasteiger partial charge in [0.1, 0.15) is 4.21 Å². The Morgan fingerprint density at radius 1 is 1.04 bits per heavy atom. The zero-order valence-electron chi connectivity index (χ0n) is 13.0. The summed E-state index contributed by atoms with van der Waals surface area (Å²) in [5, 5.41) is 1.73. The van der Waals surface area contributed by atoms with E-state index in [0.717, 1.165) is 0 Å². The summed E-state index contributed by atoms with van der Waals surface area (Å²) < 4.78 is 26.7. The topological polar surface area (TPSA) is 74.8 Å². The van der Waals surface area contributed by atoms with Crippen molar-refractivity contribution in [3.05, 3.63) is 39.4 Å². The van der Waals surface area contributed by atoms with Crippen LogP contribution in [0.15, 0.2) is 33.9 Å². The van der Waals surface area contributed by atoms with E-state index in [9.17, 15) is 18.0 Å². The van der Waals surface area contributed by atoms with Crippen LogP contribution in [0.3, 0.4) is 0 Å². The number of nitrogens with zero attached hydrogens (tertiary/aromatic N) is 2. The highest BCUT2D eigenvalue weighted by Gasteiger charge is 2.31. The molecule has 9 heteroatoms. The van der Waals surface area contributed by atoms with E-state index in [1.54, 1.807) is 34.5 Å². The summed E-state index contributed by atoms with van der Waals surface area (Å²) in [5.41, 5.74) is 0. The maximum atomic E-state index is 12.5. The molecule has 24 heavy (non-hydrogen) atoms. The van der Waals surface area contributed by atoms with E-state index >= 15 is 0 Å². The highest BCUT2D eigenvalue weighted by molar-refractivity contribution is 7.91. The maximum Gasteiger partial charge on any atom is 0.264 e. The molecule has 0 N–H and O–H groups in total. The van der Waals surface area contributed by atoms with Gasteiger partial charge in [-0.05, 0) is 30.5 Å². The first kappa shape index (κ1) is 17.3. The predicted molar refractivity (Wildman–Crippen MR) is 93.3 cm³/mol. The normalized spacial score (nSPS) is 16.3. The summed E-state index contributed by atoms with van der Waals surface area (Å²) in [5.74, 6) is -0.216. The van der Waals surface area contributed by atoms with Gasteiger partial charge in [0.25, 0.3) is 15.9 Å². The first-order valence-corrected chi connectivity index (χ1v) is 10.5. The average molecular weight is 385 g/mol. The van der Waals surface area contributed by atoms with Crippen LogP contribution in [0.25, 0.3) is 0 Å². The lowest BCUT2D eigenvalue weighted by atomic mass is 10.3. The molecule has 1 aliphatic rings. The SMILES string of the molecule is CC(=O)c1ccc(C(=O)N2CCN(S(=O)(=O)c3cccs3)CC2)s1. The van der Waals surface area contributed by atoms with Gasteiger partial charge >= 0.3 is 0 Å². The lowest BCUT2D eigenvalue weighted by Gasteiger charge is -2.33. The van der Waals surface area contributed by atoms with Crippen molar-refractivity contribution in [3.63, 3.8) is 0 Å². The minimum atomic E-state index is -3.47. The number of carbonyl (C=O) groups excluding carboxylic acids is 2. The second kappa shape index (κ2) is 6.75. The van der Waals surface area contributed by atoms with Crippen LogP contribution in [0, 0.1) is 0 Å². The minimum absolute atomic E-state index is 0.0640. The molecule has 3 heterocycles. The first-order chi connectivity index (χ1) is 11.4. The molecule has 0 unspecified atom stereocenters. The van der Waals surface area contributed by atoms with Crippen molar-refractivity contribution in [2.24, 2.45) is 0 Å². The minimum Gasteiger partial charge on any atom is -0.335 e. The van der Waals surface area contributed by atoms with E-state index in [-0.39, 0.29) is 24.8 Å². The van der Waals surface area contributed by atoms with E-state index < -0.39 is 10.0 Å². The van der Waals surface area contributed by atoms with E-state index in [4.69, 9.17) is 0 Å². The Hall–Kier alpha value is -1.55. The molecule has 1 aliphatic heterocycles. The third-order valence-electron chi connectivity index (χ3n) is 3.78. The number of hydrogen-bond donors (Lipinski definition) is 0. The fraction of sp³-hybridized carbons (Fsp3) is 0.333. The summed E-state index contributed by atoms with van der Waals surface area (Å²) >= 11 is 2.37. The molecular weight excluding hydrogens is 368 g/mol. The summed E-state index contributed by atoms with van der Waals surface area (Å²) in [4.78, 5) is 26.5. The zero-order chi connectivity index (χ0) is 17.3. The van der Waals surface area contributed by atoms with Crippen molar-refractivity contribution in [3.8, 4) is 0 Å². The molecule has 1 saturated heterocycles. The highest BCUT2D eigenvalue weighted by atomic mass is 32.2. The van der Waals surface area contributed by atoms with Crippen LogP contribution in [-0.4, -0.2) is 55.5 Å². The number of hydrogen-bond acceptors (Lipinski definition) is 6.